The summed E-state index contributed by atoms with van der Waals surface area (Å²) in [6.07, 6.45) is 1.15. The van der Waals surface area contributed by atoms with E-state index in [0.717, 1.165) is 18.4 Å². The molecule has 0 aromatic heterocycles. The monoisotopic (exact) mass is 222 g/mol. The number of methoxy groups -OCH3 is 1. The third-order valence-electron chi connectivity index (χ3n) is 2.43. The summed E-state index contributed by atoms with van der Waals surface area (Å²) in [7, 11) is 1.76. The van der Waals surface area contributed by atoms with Gasteiger partial charge in [-0.25, -0.2) is 0 Å². The maximum absolute atomic E-state index is 5.04. The van der Waals surface area contributed by atoms with Gasteiger partial charge in [-0.05, 0) is 17.8 Å². The molecule has 1 nitrogen and oxygen atoms in total. The molecule has 0 aliphatic rings. The maximum atomic E-state index is 5.04. The van der Waals surface area contributed by atoms with E-state index in [4.69, 9.17) is 4.74 Å². The molecule has 0 heterocycles. The minimum Gasteiger partial charge on any atom is -0.385 e. The molecule has 0 radical (unpaired) electrons. The van der Waals surface area contributed by atoms with Crippen LogP contribution in [0.15, 0.2) is 0 Å². The van der Waals surface area contributed by atoms with E-state index < -0.39 is 0 Å². The second kappa shape index (κ2) is 5.15. The van der Waals surface area contributed by atoms with Crippen LogP contribution in [0.4, 0.5) is 0 Å². The lowest BCUT2D eigenvalue weighted by atomic mass is 9.80. The first kappa shape index (κ1) is 11.4. The average molecular weight is 223 g/mol. The van der Waals surface area contributed by atoms with Crippen molar-refractivity contribution in [2.24, 2.45) is 11.3 Å². The molecule has 0 aromatic rings. The first-order valence-electron chi connectivity index (χ1n) is 4.09. The lowest BCUT2D eigenvalue weighted by Crippen LogP contribution is -2.24. The molecule has 0 spiro atoms. The van der Waals surface area contributed by atoms with Gasteiger partial charge in [-0.15, -0.1) is 0 Å². The number of hydrogen-bond donors (Lipinski definition) is 0. The SMILES string of the molecule is COCCC(C)C(C)(C)CBr. The van der Waals surface area contributed by atoms with Gasteiger partial charge in [0, 0.05) is 19.0 Å². The van der Waals surface area contributed by atoms with Crippen molar-refractivity contribution in [2.45, 2.75) is 27.2 Å². The second-order valence-corrected chi connectivity index (χ2v) is 4.37. The van der Waals surface area contributed by atoms with E-state index in [1.807, 2.05) is 0 Å². The standard InChI is InChI=1S/C9H19BrO/c1-8(5-6-11-4)9(2,3)7-10/h8H,5-7H2,1-4H3. The van der Waals surface area contributed by atoms with Crippen LogP contribution in [0.2, 0.25) is 0 Å². The van der Waals surface area contributed by atoms with Crippen LogP contribution >= 0.6 is 15.9 Å². The van der Waals surface area contributed by atoms with Gasteiger partial charge in [0.25, 0.3) is 0 Å². The summed E-state index contributed by atoms with van der Waals surface area (Å²) in [6, 6.07) is 0. The minimum absolute atomic E-state index is 0.387. The Kier molecular flexibility index (Phi) is 5.36. The van der Waals surface area contributed by atoms with Crippen molar-refractivity contribution < 1.29 is 4.74 Å². The Labute approximate surface area is 78.6 Å². The fourth-order valence-corrected chi connectivity index (χ4v) is 1.37. The number of hydrogen-bond acceptors (Lipinski definition) is 1. The summed E-state index contributed by atoms with van der Waals surface area (Å²) in [5, 5.41) is 1.06. The van der Waals surface area contributed by atoms with Crippen LogP contribution in [0.3, 0.4) is 0 Å². The first-order valence-corrected chi connectivity index (χ1v) is 5.21. The third-order valence-corrected chi connectivity index (χ3v) is 3.88. The highest BCUT2D eigenvalue weighted by Gasteiger charge is 2.23. The lowest BCUT2D eigenvalue weighted by molar-refractivity contribution is 0.147. The fourth-order valence-electron chi connectivity index (χ4n) is 0.817. The topological polar surface area (TPSA) is 9.23 Å². The van der Waals surface area contributed by atoms with Crippen molar-refractivity contribution in [3.63, 3.8) is 0 Å². The zero-order chi connectivity index (χ0) is 8.91. The summed E-state index contributed by atoms with van der Waals surface area (Å²) in [4.78, 5) is 0. The molecule has 2 heteroatoms. The molecular weight excluding hydrogens is 204 g/mol. The summed E-state index contributed by atoms with van der Waals surface area (Å²) in [5.74, 6) is 0.710. The molecule has 1 atom stereocenters. The van der Waals surface area contributed by atoms with E-state index >= 15 is 0 Å². The molecule has 0 saturated heterocycles. The van der Waals surface area contributed by atoms with Gasteiger partial charge in [-0.1, -0.05) is 36.7 Å². The number of halogens is 1. The van der Waals surface area contributed by atoms with Crippen LogP contribution in [0.1, 0.15) is 27.2 Å². The van der Waals surface area contributed by atoms with Gasteiger partial charge in [0.2, 0.25) is 0 Å². The molecule has 0 saturated carbocycles. The Hall–Kier alpha value is 0.440. The van der Waals surface area contributed by atoms with Gasteiger partial charge in [-0.3, -0.25) is 0 Å². The predicted octanol–water partition coefficient (Wildman–Crippen LogP) is 3.08. The molecule has 0 aliphatic heterocycles. The highest BCUT2D eigenvalue weighted by Crippen LogP contribution is 2.30. The van der Waals surface area contributed by atoms with E-state index in [9.17, 15) is 0 Å². The van der Waals surface area contributed by atoms with Crippen molar-refractivity contribution in [3.8, 4) is 0 Å². The van der Waals surface area contributed by atoms with Crippen LogP contribution in [-0.4, -0.2) is 19.0 Å². The van der Waals surface area contributed by atoms with Crippen molar-refractivity contribution in [3.05, 3.63) is 0 Å². The van der Waals surface area contributed by atoms with Gasteiger partial charge in [0.15, 0.2) is 0 Å². The summed E-state index contributed by atoms with van der Waals surface area (Å²) >= 11 is 3.52. The van der Waals surface area contributed by atoms with Gasteiger partial charge < -0.3 is 4.74 Å². The largest absolute Gasteiger partial charge is 0.385 e. The molecule has 0 aromatic carbocycles. The van der Waals surface area contributed by atoms with Crippen molar-refractivity contribution in [1.29, 1.82) is 0 Å². The highest BCUT2D eigenvalue weighted by atomic mass is 79.9. The Morgan fingerprint density at radius 1 is 1.45 bits per heavy atom. The van der Waals surface area contributed by atoms with Crippen LogP contribution in [-0.2, 0) is 4.74 Å². The molecular formula is C9H19BrO. The lowest BCUT2D eigenvalue weighted by Gasteiger charge is -2.29. The number of rotatable bonds is 5. The summed E-state index contributed by atoms with van der Waals surface area (Å²) in [6.45, 7) is 7.71. The molecule has 0 fully saturated rings. The van der Waals surface area contributed by atoms with Crippen LogP contribution in [0.25, 0.3) is 0 Å². The summed E-state index contributed by atoms with van der Waals surface area (Å²) in [5.41, 5.74) is 0.387. The van der Waals surface area contributed by atoms with Crippen LogP contribution in [0.5, 0.6) is 0 Å². The number of ether oxygens (including phenoxy) is 1. The van der Waals surface area contributed by atoms with Gasteiger partial charge in [0.05, 0.1) is 0 Å². The first-order chi connectivity index (χ1) is 5.04. The molecule has 0 amide bonds. The molecule has 11 heavy (non-hydrogen) atoms. The Balaban J connectivity index is 3.71. The van der Waals surface area contributed by atoms with Crippen LogP contribution < -0.4 is 0 Å². The zero-order valence-corrected chi connectivity index (χ0v) is 9.57. The van der Waals surface area contributed by atoms with E-state index in [1.54, 1.807) is 7.11 Å². The van der Waals surface area contributed by atoms with Crippen molar-refractivity contribution in [2.75, 3.05) is 19.0 Å². The van der Waals surface area contributed by atoms with E-state index in [2.05, 4.69) is 36.7 Å². The quantitative estimate of drug-likeness (QED) is 0.651. The van der Waals surface area contributed by atoms with Crippen molar-refractivity contribution in [1.82, 2.24) is 0 Å². The van der Waals surface area contributed by atoms with Gasteiger partial charge in [0.1, 0.15) is 0 Å². The predicted molar refractivity (Wildman–Crippen MR) is 53.2 cm³/mol. The smallest absolute Gasteiger partial charge is 0.0465 e. The second-order valence-electron chi connectivity index (χ2n) is 3.80. The molecule has 0 bridgehead atoms. The van der Waals surface area contributed by atoms with Crippen LogP contribution in [0, 0.1) is 11.3 Å². The molecule has 0 N–H and O–H groups in total. The van der Waals surface area contributed by atoms with E-state index in [-0.39, 0.29) is 0 Å². The number of alkyl halides is 1. The molecule has 0 aliphatic carbocycles. The van der Waals surface area contributed by atoms with Crippen molar-refractivity contribution >= 4 is 15.9 Å². The minimum atomic E-state index is 0.387. The zero-order valence-electron chi connectivity index (χ0n) is 7.98. The maximum Gasteiger partial charge on any atom is 0.0465 e. The van der Waals surface area contributed by atoms with Gasteiger partial charge >= 0.3 is 0 Å². The highest BCUT2D eigenvalue weighted by molar-refractivity contribution is 9.09. The summed E-state index contributed by atoms with van der Waals surface area (Å²) < 4.78 is 5.04. The molecule has 1 unspecified atom stereocenters. The molecule has 68 valence electrons. The Morgan fingerprint density at radius 3 is 2.36 bits per heavy atom. The Morgan fingerprint density at radius 2 is 2.00 bits per heavy atom. The van der Waals surface area contributed by atoms with E-state index in [1.165, 1.54) is 0 Å². The fraction of sp³-hybridized carbons (Fsp3) is 1.00. The third kappa shape index (κ3) is 4.12. The Bertz CT molecular complexity index is 102. The van der Waals surface area contributed by atoms with E-state index in [0.29, 0.717) is 11.3 Å². The van der Waals surface area contributed by atoms with Gasteiger partial charge in [-0.2, -0.15) is 0 Å². The normalized spacial score (nSPS) is 15.0. The average Bonchev–Trinajstić information content (AvgIpc) is 2.00. The molecule has 0 rings (SSSR count).